The Balaban J connectivity index is 2.09. The summed E-state index contributed by atoms with van der Waals surface area (Å²) in [6.07, 6.45) is 1.80. The quantitative estimate of drug-likeness (QED) is 0.877. The molecule has 0 radical (unpaired) electrons. The fourth-order valence-corrected chi connectivity index (χ4v) is 3.34. The fourth-order valence-electron chi connectivity index (χ4n) is 3.34. The molecule has 1 fully saturated rings. The lowest BCUT2D eigenvalue weighted by molar-refractivity contribution is -0.144. The number of rotatable bonds is 4. The van der Waals surface area contributed by atoms with Gasteiger partial charge in [0.1, 0.15) is 6.04 Å². The molecule has 0 amide bonds. The number of nitrogens with zero attached hydrogens (tertiary/aromatic N) is 3. The molecule has 0 unspecified atom stereocenters. The number of fused-ring (bicyclic) bond motifs is 1. The third-order valence-electron chi connectivity index (χ3n) is 4.70. The number of aryl methyl sites for hydroxylation is 1. The maximum Gasteiger partial charge on any atom is 0.335 e. The molecule has 1 aliphatic rings. The van der Waals surface area contributed by atoms with Crippen LogP contribution in [0.25, 0.3) is 10.9 Å². The van der Waals surface area contributed by atoms with Crippen LogP contribution in [-0.2, 0) is 11.8 Å². The van der Waals surface area contributed by atoms with Crippen LogP contribution in [0.2, 0.25) is 0 Å². The van der Waals surface area contributed by atoms with Crippen LogP contribution in [0.15, 0.2) is 24.4 Å². The van der Waals surface area contributed by atoms with Crippen molar-refractivity contribution in [3.05, 3.63) is 35.5 Å². The Kier molecular flexibility index (Phi) is 4.29. The number of aromatic carboxylic acids is 1. The van der Waals surface area contributed by atoms with Gasteiger partial charge in [0.2, 0.25) is 0 Å². The van der Waals surface area contributed by atoms with E-state index in [1.54, 1.807) is 24.4 Å². The molecule has 2 heterocycles. The zero-order chi connectivity index (χ0) is 17.4. The average Bonchev–Trinajstić information content (AvgIpc) is 2.85. The normalized spacial score (nSPS) is 17.9. The van der Waals surface area contributed by atoms with Crippen LogP contribution in [0, 0.1) is 0 Å². The van der Waals surface area contributed by atoms with Gasteiger partial charge >= 0.3 is 11.9 Å². The Morgan fingerprint density at radius 1 is 1.08 bits per heavy atom. The molecular formula is C17H21N3O4. The van der Waals surface area contributed by atoms with Crippen LogP contribution < -0.4 is 0 Å². The predicted molar refractivity (Wildman–Crippen MR) is 89.3 cm³/mol. The monoisotopic (exact) mass is 331 g/mol. The molecule has 24 heavy (non-hydrogen) atoms. The molecule has 7 heteroatoms. The largest absolute Gasteiger partial charge is 0.480 e. The molecule has 2 aromatic rings. The van der Waals surface area contributed by atoms with Crippen LogP contribution in [-0.4, -0.2) is 69.7 Å². The standard InChI is InChI=1S/C17H21N3O4/c1-18-5-7-20(8-6-18)15(17(23)24)13-10-19(2)14-4-3-11(16(21)22)9-12(13)14/h3-4,9-10,15H,5-8H2,1-2H3,(H,21,22)(H,23,24)/t15-/m1/s1. The lowest BCUT2D eigenvalue weighted by Gasteiger charge is -2.36. The molecule has 3 rings (SSSR count). The maximum absolute atomic E-state index is 12.0. The first-order valence-corrected chi connectivity index (χ1v) is 7.86. The van der Waals surface area contributed by atoms with Crippen molar-refractivity contribution in [2.24, 2.45) is 7.05 Å². The SMILES string of the molecule is CN1CCN([C@@H](C(=O)O)c2cn(C)c3ccc(C(=O)O)cc23)CC1. The number of aromatic nitrogens is 1. The maximum atomic E-state index is 12.0. The predicted octanol–water partition coefficient (Wildman–Crippen LogP) is 1.25. The molecule has 7 nitrogen and oxygen atoms in total. The van der Waals surface area contributed by atoms with E-state index in [1.807, 2.05) is 23.6 Å². The van der Waals surface area contributed by atoms with Crippen LogP contribution in [0.3, 0.4) is 0 Å². The number of aliphatic carboxylic acids is 1. The first kappa shape index (κ1) is 16.5. The zero-order valence-electron chi connectivity index (χ0n) is 13.8. The number of carboxylic acid groups (broad SMARTS) is 2. The van der Waals surface area contributed by atoms with Crippen molar-refractivity contribution < 1.29 is 19.8 Å². The molecule has 0 saturated carbocycles. The summed E-state index contributed by atoms with van der Waals surface area (Å²) < 4.78 is 1.85. The summed E-state index contributed by atoms with van der Waals surface area (Å²) >= 11 is 0. The van der Waals surface area contributed by atoms with Crippen molar-refractivity contribution in [2.75, 3.05) is 33.2 Å². The third kappa shape index (κ3) is 2.88. The number of likely N-dealkylation sites (N-methyl/N-ethyl adjacent to an activating group) is 1. The van der Waals surface area contributed by atoms with Crippen LogP contribution >= 0.6 is 0 Å². The summed E-state index contributed by atoms with van der Waals surface area (Å²) in [6.45, 7) is 2.97. The number of benzene rings is 1. The Labute approximate surface area is 139 Å². The van der Waals surface area contributed by atoms with Crippen LogP contribution in [0.4, 0.5) is 0 Å². The number of carbonyl (C=O) groups is 2. The van der Waals surface area contributed by atoms with Gasteiger partial charge < -0.3 is 19.7 Å². The smallest absolute Gasteiger partial charge is 0.335 e. The van der Waals surface area contributed by atoms with Gasteiger partial charge in [0.25, 0.3) is 0 Å². The molecule has 0 spiro atoms. The molecule has 2 N–H and O–H groups in total. The molecule has 1 atom stereocenters. The minimum atomic E-state index is -1.02. The van der Waals surface area contributed by atoms with Crippen molar-refractivity contribution in [1.29, 1.82) is 0 Å². The summed E-state index contributed by atoms with van der Waals surface area (Å²) in [5.41, 5.74) is 1.64. The Morgan fingerprint density at radius 3 is 2.33 bits per heavy atom. The second-order valence-corrected chi connectivity index (χ2v) is 6.31. The lowest BCUT2D eigenvalue weighted by Crippen LogP contribution is -2.47. The van der Waals surface area contributed by atoms with E-state index < -0.39 is 18.0 Å². The number of piperazine rings is 1. The van der Waals surface area contributed by atoms with E-state index in [4.69, 9.17) is 0 Å². The highest BCUT2D eigenvalue weighted by molar-refractivity contribution is 5.96. The number of hydrogen-bond acceptors (Lipinski definition) is 4. The molecule has 1 aromatic heterocycles. The van der Waals surface area contributed by atoms with Crippen LogP contribution in [0.5, 0.6) is 0 Å². The molecule has 0 bridgehead atoms. The first-order valence-electron chi connectivity index (χ1n) is 7.86. The Morgan fingerprint density at radius 2 is 1.75 bits per heavy atom. The van der Waals surface area contributed by atoms with Gasteiger partial charge in [0.05, 0.1) is 5.56 Å². The van der Waals surface area contributed by atoms with Gasteiger partial charge in [-0.05, 0) is 25.2 Å². The van der Waals surface area contributed by atoms with Gasteiger partial charge in [0, 0.05) is 55.9 Å². The number of carboxylic acids is 2. The summed E-state index contributed by atoms with van der Waals surface area (Å²) in [4.78, 5) is 27.4. The molecule has 1 aliphatic heterocycles. The summed E-state index contributed by atoms with van der Waals surface area (Å²) in [7, 11) is 3.86. The van der Waals surface area contributed by atoms with E-state index in [0.717, 1.165) is 18.6 Å². The zero-order valence-corrected chi connectivity index (χ0v) is 13.8. The Bertz CT molecular complexity index is 790. The van der Waals surface area contributed by atoms with Crippen molar-refractivity contribution in [3.8, 4) is 0 Å². The van der Waals surface area contributed by atoms with Gasteiger partial charge in [-0.1, -0.05) is 0 Å². The van der Waals surface area contributed by atoms with E-state index in [2.05, 4.69) is 4.90 Å². The lowest BCUT2D eigenvalue weighted by atomic mass is 10.0. The molecular weight excluding hydrogens is 310 g/mol. The summed E-state index contributed by atoms with van der Waals surface area (Å²) in [6, 6.07) is 4.07. The van der Waals surface area contributed by atoms with E-state index in [-0.39, 0.29) is 5.56 Å². The van der Waals surface area contributed by atoms with Crippen LogP contribution in [0.1, 0.15) is 22.0 Å². The van der Waals surface area contributed by atoms with Crippen molar-refractivity contribution in [2.45, 2.75) is 6.04 Å². The van der Waals surface area contributed by atoms with Gasteiger partial charge in [-0.2, -0.15) is 0 Å². The van der Waals surface area contributed by atoms with Gasteiger partial charge in [-0.25, -0.2) is 4.79 Å². The molecule has 0 aliphatic carbocycles. The second kappa shape index (κ2) is 6.26. The third-order valence-corrected chi connectivity index (χ3v) is 4.70. The van der Waals surface area contributed by atoms with E-state index in [1.165, 1.54) is 0 Å². The second-order valence-electron chi connectivity index (χ2n) is 6.31. The highest BCUT2D eigenvalue weighted by atomic mass is 16.4. The van der Waals surface area contributed by atoms with Crippen molar-refractivity contribution in [3.63, 3.8) is 0 Å². The minimum Gasteiger partial charge on any atom is -0.480 e. The van der Waals surface area contributed by atoms with Crippen molar-refractivity contribution >= 4 is 22.8 Å². The highest BCUT2D eigenvalue weighted by Gasteiger charge is 2.32. The van der Waals surface area contributed by atoms with E-state index >= 15 is 0 Å². The van der Waals surface area contributed by atoms with Gasteiger partial charge in [-0.3, -0.25) is 9.69 Å². The molecule has 1 aromatic carbocycles. The van der Waals surface area contributed by atoms with Crippen molar-refractivity contribution in [1.82, 2.24) is 14.4 Å². The van der Waals surface area contributed by atoms with E-state index in [9.17, 15) is 19.8 Å². The van der Waals surface area contributed by atoms with Gasteiger partial charge in [-0.15, -0.1) is 0 Å². The molecule has 1 saturated heterocycles. The summed E-state index contributed by atoms with van der Waals surface area (Å²) in [5, 5.41) is 19.7. The highest BCUT2D eigenvalue weighted by Crippen LogP contribution is 2.31. The topological polar surface area (TPSA) is 86.0 Å². The summed E-state index contributed by atoms with van der Waals surface area (Å²) in [5.74, 6) is -1.93. The van der Waals surface area contributed by atoms with E-state index in [0.29, 0.717) is 24.0 Å². The average molecular weight is 331 g/mol. The fraction of sp³-hybridized carbons (Fsp3) is 0.412. The first-order chi connectivity index (χ1) is 11.4. The number of hydrogen-bond donors (Lipinski definition) is 2. The Hall–Kier alpha value is -2.38. The van der Waals surface area contributed by atoms with Gasteiger partial charge in [0.15, 0.2) is 0 Å². The minimum absolute atomic E-state index is 0.164. The molecule has 128 valence electrons.